The maximum atomic E-state index is 12.3. The minimum atomic E-state index is -0.349. The molecule has 1 aromatic heterocycles. The first-order valence-electron chi connectivity index (χ1n) is 10.1. The van der Waals surface area contributed by atoms with Crippen LogP contribution in [0, 0.1) is 5.92 Å². The number of hydrogen-bond acceptors (Lipinski definition) is 7. The molecule has 29 heavy (non-hydrogen) atoms. The number of methoxy groups -OCH3 is 1. The molecule has 7 nitrogen and oxygen atoms in total. The zero-order chi connectivity index (χ0) is 20.5. The Morgan fingerprint density at radius 3 is 2.62 bits per heavy atom. The van der Waals surface area contributed by atoms with E-state index in [1.54, 1.807) is 31.4 Å². The summed E-state index contributed by atoms with van der Waals surface area (Å²) >= 11 is 1.12. The number of nitrogens with zero attached hydrogens (tertiary/aromatic N) is 2. The number of esters is 1. The minimum absolute atomic E-state index is 0.0513. The Balaban J connectivity index is 1.38. The summed E-state index contributed by atoms with van der Waals surface area (Å²) in [7, 11) is 1.58. The summed E-state index contributed by atoms with van der Waals surface area (Å²) in [5.41, 5.74) is 0.636. The van der Waals surface area contributed by atoms with Crippen molar-refractivity contribution >= 4 is 28.9 Å². The number of amides is 1. The lowest BCUT2D eigenvalue weighted by molar-refractivity contribution is -0.145. The van der Waals surface area contributed by atoms with E-state index in [1.807, 2.05) is 0 Å². The summed E-state index contributed by atoms with van der Waals surface area (Å²) in [6.45, 7) is 0.0513. The Morgan fingerprint density at radius 2 is 1.90 bits per heavy atom. The van der Waals surface area contributed by atoms with Crippen molar-refractivity contribution in [1.29, 1.82) is 0 Å². The molecule has 2 aromatic rings. The van der Waals surface area contributed by atoms with Crippen LogP contribution in [0.5, 0.6) is 5.75 Å². The van der Waals surface area contributed by atoms with E-state index in [0.717, 1.165) is 30.1 Å². The van der Waals surface area contributed by atoms with Gasteiger partial charge in [0.15, 0.2) is 5.01 Å². The van der Waals surface area contributed by atoms with Gasteiger partial charge in [-0.05, 0) is 43.0 Å². The van der Waals surface area contributed by atoms with Crippen molar-refractivity contribution in [3.63, 3.8) is 0 Å². The van der Waals surface area contributed by atoms with Crippen molar-refractivity contribution in [2.75, 3.05) is 12.4 Å². The molecule has 1 aliphatic rings. The fourth-order valence-electron chi connectivity index (χ4n) is 3.49. The number of benzene rings is 1. The van der Waals surface area contributed by atoms with Gasteiger partial charge in [0.2, 0.25) is 5.01 Å². The molecule has 1 saturated carbocycles. The van der Waals surface area contributed by atoms with Crippen LogP contribution < -0.4 is 10.1 Å². The molecule has 8 heteroatoms. The highest BCUT2D eigenvalue weighted by atomic mass is 32.1. The van der Waals surface area contributed by atoms with E-state index in [-0.39, 0.29) is 23.5 Å². The van der Waals surface area contributed by atoms with E-state index in [2.05, 4.69) is 15.5 Å². The Morgan fingerprint density at radius 1 is 1.14 bits per heavy atom. The maximum Gasteiger partial charge on any atom is 0.306 e. The Bertz CT molecular complexity index is 801. The molecule has 1 aliphatic carbocycles. The fraction of sp³-hybridized carbons (Fsp3) is 0.524. The van der Waals surface area contributed by atoms with Gasteiger partial charge in [-0.25, -0.2) is 0 Å². The average Bonchev–Trinajstić information content (AvgIpc) is 3.23. The summed E-state index contributed by atoms with van der Waals surface area (Å²) in [6.07, 6.45) is 8.98. The second-order valence-electron chi connectivity index (χ2n) is 7.24. The summed E-state index contributed by atoms with van der Waals surface area (Å²) in [4.78, 5) is 24.2. The van der Waals surface area contributed by atoms with E-state index in [1.165, 1.54) is 32.1 Å². The molecule has 0 bridgehead atoms. The second-order valence-corrected chi connectivity index (χ2v) is 8.30. The van der Waals surface area contributed by atoms with Crippen LogP contribution in [0.15, 0.2) is 24.3 Å². The number of nitrogens with one attached hydrogen (secondary N) is 1. The Kier molecular flexibility index (Phi) is 7.98. The van der Waals surface area contributed by atoms with Crippen molar-refractivity contribution < 1.29 is 19.1 Å². The van der Waals surface area contributed by atoms with E-state index in [9.17, 15) is 9.59 Å². The van der Waals surface area contributed by atoms with Crippen molar-refractivity contribution in [2.24, 2.45) is 5.92 Å². The average molecular weight is 418 g/mol. The van der Waals surface area contributed by atoms with Crippen molar-refractivity contribution in [3.8, 4) is 5.75 Å². The fourth-order valence-corrected chi connectivity index (χ4v) is 4.14. The lowest BCUT2D eigenvalue weighted by Crippen LogP contribution is -2.11. The third-order valence-electron chi connectivity index (χ3n) is 5.08. The number of carbonyl (C=O) groups is 2. The Hall–Kier alpha value is -2.48. The second kappa shape index (κ2) is 10.9. The smallest absolute Gasteiger partial charge is 0.306 e. The summed E-state index contributed by atoms with van der Waals surface area (Å²) in [5.74, 6) is 0.909. The van der Waals surface area contributed by atoms with Crippen LogP contribution in [0.3, 0.4) is 0 Å². The van der Waals surface area contributed by atoms with Gasteiger partial charge in [0, 0.05) is 12.1 Å². The molecule has 0 radical (unpaired) electrons. The third-order valence-corrected chi connectivity index (χ3v) is 5.98. The first kappa shape index (κ1) is 21.2. The van der Waals surface area contributed by atoms with Crippen LogP contribution in [0.25, 0.3) is 0 Å². The maximum absolute atomic E-state index is 12.3. The van der Waals surface area contributed by atoms with Gasteiger partial charge in [0.05, 0.1) is 7.11 Å². The van der Waals surface area contributed by atoms with Crippen LogP contribution in [0.4, 0.5) is 5.69 Å². The van der Waals surface area contributed by atoms with E-state index in [0.29, 0.717) is 22.9 Å². The first-order valence-corrected chi connectivity index (χ1v) is 10.9. The normalized spacial score (nSPS) is 14.4. The van der Waals surface area contributed by atoms with E-state index < -0.39 is 0 Å². The van der Waals surface area contributed by atoms with Gasteiger partial charge in [-0.2, -0.15) is 0 Å². The molecule has 0 aliphatic heterocycles. The number of ether oxygens (including phenoxy) is 2. The van der Waals surface area contributed by atoms with Crippen LogP contribution in [0.2, 0.25) is 0 Å². The molecule has 0 atom stereocenters. The zero-order valence-corrected chi connectivity index (χ0v) is 17.5. The van der Waals surface area contributed by atoms with Gasteiger partial charge in [0.25, 0.3) is 5.91 Å². The van der Waals surface area contributed by atoms with Crippen LogP contribution in [-0.2, 0) is 16.1 Å². The summed E-state index contributed by atoms with van der Waals surface area (Å²) in [5, 5.41) is 11.3. The molecule has 0 spiro atoms. The SMILES string of the molecule is COc1ccc(NC(=O)c2nnc(COC(=O)CCCC3CCCCC3)s2)cc1. The van der Waals surface area contributed by atoms with Crippen molar-refractivity contribution in [1.82, 2.24) is 10.2 Å². The number of carbonyl (C=O) groups excluding carboxylic acids is 2. The molecule has 156 valence electrons. The molecular weight excluding hydrogens is 390 g/mol. The molecule has 1 amide bonds. The molecule has 3 rings (SSSR count). The van der Waals surface area contributed by atoms with E-state index >= 15 is 0 Å². The largest absolute Gasteiger partial charge is 0.497 e. The minimum Gasteiger partial charge on any atom is -0.497 e. The Labute approximate surface area is 174 Å². The molecule has 1 aromatic carbocycles. The van der Waals surface area contributed by atoms with Gasteiger partial charge in [0.1, 0.15) is 12.4 Å². The lowest BCUT2D eigenvalue weighted by atomic mass is 9.86. The predicted octanol–water partition coefficient (Wildman–Crippen LogP) is 4.59. The summed E-state index contributed by atoms with van der Waals surface area (Å²) < 4.78 is 10.4. The van der Waals surface area contributed by atoms with E-state index in [4.69, 9.17) is 9.47 Å². The van der Waals surface area contributed by atoms with Gasteiger partial charge in [-0.15, -0.1) is 10.2 Å². The molecule has 1 fully saturated rings. The molecular formula is C21H27N3O4S. The van der Waals surface area contributed by atoms with Crippen LogP contribution in [0.1, 0.15) is 66.2 Å². The van der Waals surface area contributed by atoms with Gasteiger partial charge in [-0.3, -0.25) is 9.59 Å². The third kappa shape index (κ3) is 6.81. The van der Waals surface area contributed by atoms with Gasteiger partial charge in [-0.1, -0.05) is 43.4 Å². The van der Waals surface area contributed by atoms with Gasteiger partial charge >= 0.3 is 5.97 Å². The van der Waals surface area contributed by atoms with Crippen LogP contribution in [-0.4, -0.2) is 29.2 Å². The van der Waals surface area contributed by atoms with Crippen LogP contribution >= 0.6 is 11.3 Å². The van der Waals surface area contributed by atoms with Crippen molar-refractivity contribution in [2.45, 2.75) is 58.0 Å². The first-order chi connectivity index (χ1) is 14.1. The van der Waals surface area contributed by atoms with Crippen molar-refractivity contribution in [3.05, 3.63) is 34.3 Å². The standard InChI is InChI=1S/C21H27N3O4S/c1-27-17-12-10-16(11-13-17)22-20(26)21-24-23-18(29-21)14-28-19(25)9-5-8-15-6-3-2-4-7-15/h10-13,15H,2-9,14H2,1H3,(H,22,26). The van der Waals surface area contributed by atoms with Gasteiger partial charge < -0.3 is 14.8 Å². The highest BCUT2D eigenvalue weighted by Crippen LogP contribution is 2.27. The highest BCUT2D eigenvalue weighted by Gasteiger charge is 2.16. The number of rotatable bonds is 9. The molecule has 1 heterocycles. The monoisotopic (exact) mass is 417 g/mol. The number of aromatic nitrogens is 2. The predicted molar refractivity (Wildman–Crippen MR) is 111 cm³/mol. The highest BCUT2D eigenvalue weighted by molar-refractivity contribution is 7.13. The molecule has 0 saturated heterocycles. The molecule has 0 unspecified atom stereocenters. The number of anilines is 1. The quantitative estimate of drug-likeness (QED) is 0.600. The molecule has 1 N–H and O–H groups in total. The zero-order valence-electron chi connectivity index (χ0n) is 16.7. The summed E-state index contributed by atoms with van der Waals surface area (Å²) in [6, 6.07) is 7.01. The lowest BCUT2D eigenvalue weighted by Gasteiger charge is -2.20. The topological polar surface area (TPSA) is 90.4 Å². The number of hydrogen-bond donors (Lipinski definition) is 1.